The van der Waals surface area contributed by atoms with Crippen LogP contribution in [0.1, 0.15) is 31.2 Å². The molecule has 1 fully saturated rings. The van der Waals surface area contributed by atoms with Gasteiger partial charge in [0.25, 0.3) is 0 Å². The molecule has 0 radical (unpaired) electrons. The lowest BCUT2D eigenvalue weighted by Crippen LogP contribution is -2.38. The second-order valence-corrected chi connectivity index (χ2v) is 6.17. The maximum atomic E-state index is 13.0. The standard InChI is InChI=1S/C15H15FN2S/c16-11-7-5-10(6-8-11)14-9-19-15-17-12-3-1-2-4-13(12)18(14)15/h5-9,12-13H,1-4H2/t12-,13-/m1/s1. The number of halogens is 1. The Balaban J connectivity index is 1.68. The van der Waals surface area contributed by atoms with Gasteiger partial charge in [-0.2, -0.15) is 0 Å². The van der Waals surface area contributed by atoms with Crippen molar-refractivity contribution in [2.24, 2.45) is 4.99 Å². The van der Waals surface area contributed by atoms with Gasteiger partial charge in [-0.25, -0.2) is 4.39 Å². The second kappa shape index (κ2) is 4.37. The highest BCUT2D eigenvalue weighted by Gasteiger charge is 2.41. The zero-order chi connectivity index (χ0) is 12.8. The van der Waals surface area contributed by atoms with E-state index >= 15 is 0 Å². The first-order chi connectivity index (χ1) is 9.33. The van der Waals surface area contributed by atoms with E-state index < -0.39 is 0 Å². The van der Waals surface area contributed by atoms with E-state index in [2.05, 4.69) is 10.3 Å². The number of hydrogen-bond donors (Lipinski definition) is 0. The van der Waals surface area contributed by atoms with Crippen molar-refractivity contribution in [2.45, 2.75) is 37.8 Å². The molecule has 4 heteroatoms. The number of thioether (sulfide) groups is 1. The van der Waals surface area contributed by atoms with Crippen LogP contribution in [0.5, 0.6) is 0 Å². The SMILES string of the molecule is Fc1ccc(C2=CSC3=N[C@@H]4CCCC[C@H]4N23)cc1. The molecule has 1 aromatic carbocycles. The molecule has 0 bridgehead atoms. The summed E-state index contributed by atoms with van der Waals surface area (Å²) in [6.45, 7) is 0. The van der Waals surface area contributed by atoms with E-state index in [1.54, 1.807) is 11.8 Å². The van der Waals surface area contributed by atoms with Crippen molar-refractivity contribution >= 4 is 22.6 Å². The Morgan fingerprint density at radius 3 is 2.79 bits per heavy atom. The Labute approximate surface area is 116 Å². The molecule has 2 aliphatic heterocycles. The summed E-state index contributed by atoms with van der Waals surface area (Å²) in [7, 11) is 0. The molecule has 4 rings (SSSR count). The van der Waals surface area contributed by atoms with Crippen LogP contribution in [0.15, 0.2) is 34.7 Å². The van der Waals surface area contributed by atoms with Crippen LogP contribution >= 0.6 is 11.8 Å². The topological polar surface area (TPSA) is 15.6 Å². The first-order valence-electron chi connectivity index (χ1n) is 6.83. The van der Waals surface area contributed by atoms with Crippen molar-refractivity contribution in [3.63, 3.8) is 0 Å². The molecule has 1 aliphatic carbocycles. The minimum absolute atomic E-state index is 0.180. The maximum Gasteiger partial charge on any atom is 0.168 e. The molecule has 2 nitrogen and oxygen atoms in total. The third-order valence-corrected chi connectivity index (χ3v) is 5.04. The Hall–Kier alpha value is -1.29. The number of hydrogen-bond acceptors (Lipinski definition) is 3. The van der Waals surface area contributed by atoms with Crippen molar-refractivity contribution in [1.29, 1.82) is 0 Å². The Morgan fingerprint density at radius 1 is 1.16 bits per heavy atom. The fraction of sp³-hybridized carbons (Fsp3) is 0.400. The number of nitrogens with zero attached hydrogens (tertiary/aromatic N) is 2. The number of fused-ring (bicyclic) bond motifs is 3. The zero-order valence-corrected chi connectivity index (χ0v) is 11.4. The van der Waals surface area contributed by atoms with Crippen LogP contribution in [0.2, 0.25) is 0 Å². The Bertz CT molecular complexity index is 564. The molecule has 3 aliphatic rings. The minimum Gasteiger partial charge on any atom is -0.315 e. The van der Waals surface area contributed by atoms with Gasteiger partial charge in [-0.15, -0.1) is 0 Å². The van der Waals surface area contributed by atoms with E-state index in [-0.39, 0.29) is 5.82 Å². The third-order valence-electron chi connectivity index (χ3n) is 4.18. The van der Waals surface area contributed by atoms with E-state index in [0.717, 1.165) is 10.7 Å². The predicted octanol–water partition coefficient (Wildman–Crippen LogP) is 3.85. The quantitative estimate of drug-likeness (QED) is 0.773. The van der Waals surface area contributed by atoms with E-state index in [0.29, 0.717) is 12.1 Å². The van der Waals surface area contributed by atoms with Crippen LogP contribution in [-0.4, -0.2) is 22.2 Å². The molecule has 0 aromatic heterocycles. The third kappa shape index (κ3) is 1.81. The van der Waals surface area contributed by atoms with Gasteiger partial charge < -0.3 is 4.90 Å². The summed E-state index contributed by atoms with van der Waals surface area (Å²) >= 11 is 1.71. The molecule has 2 heterocycles. The van der Waals surface area contributed by atoms with E-state index in [9.17, 15) is 4.39 Å². The highest BCUT2D eigenvalue weighted by Crippen LogP contribution is 2.43. The summed E-state index contributed by atoms with van der Waals surface area (Å²) < 4.78 is 13.0. The molecule has 2 atom stereocenters. The smallest absolute Gasteiger partial charge is 0.168 e. The van der Waals surface area contributed by atoms with Gasteiger partial charge in [-0.05, 0) is 42.7 Å². The van der Waals surface area contributed by atoms with Gasteiger partial charge in [-0.3, -0.25) is 4.99 Å². The van der Waals surface area contributed by atoms with Crippen molar-refractivity contribution in [3.8, 4) is 0 Å². The summed E-state index contributed by atoms with van der Waals surface area (Å²) in [5.74, 6) is -0.180. The largest absolute Gasteiger partial charge is 0.315 e. The summed E-state index contributed by atoms with van der Waals surface area (Å²) in [5, 5.41) is 3.29. The highest BCUT2D eigenvalue weighted by atomic mass is 32.2. The molecule has 98 valence electrons. The van der Waals surface area contributed by atoms with Crippen LogP contribution < -0.4 is 0 Å². The monoisotopic (exact) mass is 274 g/mol. The molecule has 1 saturated carbocycles. The first-order valence-corrected chi connectivity index (χ1v) is 7.71. The second-order valence-electron chi connectivity index (χ2n) is 5.33. The Morgan fingerprint density at radius 2 is 1.95 bits per heavy atom. The summed E-state index contributed by atoms with van der Waals surface area (Å²) in [6.07, 6.45) is 5.02. The van der Waals surface area contributed by atoms with Crippen molar-refractivity contribution in [1.82, 2.24) is 4.90 Å². The fourth-order valence-electron chi connectivity index (χ4n) is 3.25. The van der Waals surface area contributed by atoms with Crippen molar-refractivity contribution < 1.29 is 4.39 Å². The first kappa shape index (κ1) is 11.5. The van der Waals surface area contributed by atoms with Gasteiger partial charge in [-0.1, -0.05) is 24.6 Å². The molecular formula is C15H15FN2S. The molecule has 19 heavy (non-hydrogen) atoms. The lowest BCUT2D eigenvalue weighted by atomic mass is 9.90. The fourth-order valence-corrected chi connectivity index (χ4v) is 4.26. The molecule has 0 N–H and O–H groups in total. The zero-order valence-electron chi connectivity index (χ0n) is 10.6. The molecule has 0 unspecified atom stereocenters. The van der Waals surface area contributed by atoms with Gasteiger partial charge in [0, 0.05) is 5.41 Å². The molecule has 1 aromatic rings. The lowest BCUT2D eigenvalue weighted by molar-refractivity contribution is 0.305. The van der Waals surface area contributed by atoms with E-state index in [4.69, 9.17) is 4.99 Å². The lowest BCUT2D eigenvalue weighted by Gasteiger charge is -2.32. The molecule has 0 amide bonds. The van der Waals surface area contributed by atoms with E-state index in [1.807, 2.05) is 12.1 Å². The van der Waals surface area contributed by atoms with Crippen LogP contribution in [-0.2, 0) is 0 Å². The summed E-state index contributed by atoms with van der Waals surface area (Å²) in [6, 6.07) is 7.78. The van der Waals surface area contributed by atoms with Crippen molar-refractivity contribution in [3.05, 3.63) is 41.1 Å². The molecular weight excluding hydrogens is 259 g/mol. The summed E-state index contributed by atoms with van der Waals surface area (Å²) in [5.41, 5.74) is 2.28. The van der Waals surface area contributed by atoms with Gasteiger partial charge in [0.1, 0.15) is 5.82 Å². The van der Waals surface area contributed by atoms with Gasteiger partial charge >= 0.3 is 0 Å². The molecule has 0 saturated heterocycles. The van der Waals surface area contributed by atoms with Gasteiger partial charge in [0.2, 0.25) is 0 Å². The highest BCUT2D eigenvalue weighted by molar-refractivity contribution is 8.16. The molecule has 0 spiro atoms. The average molecular weight is 274 g/mol. The number of amidine groups is 1. The van der Waals surface area contributed by atoms with Crippen molar-refractivity contribution in [2.75, 3.05) is 0 Å². The van der Waals surface area contributed by atoms with Crippen LogP contribution in [0, 0.1) is 5.82 Å². The van der Waals surface area contributed by atoms with Crippen LogP contribution in [0.25, 0.3) is 5.70 Å². The minimum atomic E-state index is -0.180. The predicted molar refractivity (Wildman–Crippen MR) is 77.3 cm³/mol. The summed E-state index contributed by atoms with van der Waals surface area (Å²) in [4.78, 5) is 7.22. The number of rotatable bonds is 1. The van der Waals surface area contributed by atoms with Crippen LogP contribution in [0.3, 0.4) is 0 Å². The Kier molecular flexibility index (Phi) is 2.65. The van der Waals surface area contributed by atoms with E-state index in [1.165, 1.54) is 43.5 Å². The van der Waals surface area contributed by atoms with Crippen LogP contribution in [0.4, 0.5) is 4.39 Å². The number of benzene rings is 1. The normalized spacial score (nSPS) is 28.8. The van der Waals surface area contributed by atoms with Gasteiger partial charge in [0.15, 0.2) is 5.17 Å². The average Bonchev–Trinajstić information content (AvgIpc) is 2.98. The number of aliphatic imine (C=N–C) groups is 1. The maximum absolute atomic E-state index is 13.0. The van der Waals surface area contributed by atoms with Gasteiger partial charge in [0.05, 0.1) is 17.8 Å².